The molecule has 9 heteroatoms. The summed E-state index contributed by atoms with van der Waals surface area (Å²) >= 11 is 0. The van der Waals surface area contributed by atoms with Gasteiger partial charge in [0.15, 0.2) is 5.82 Å². The summed E-state index contributed by atoms with van der Waals surface area (Å²) in [7, 11) is 0. The first-order valence-electron chi connectivity index (χ1n) is 12.3. The van der Waals surface area contributed by atoms with E-state index in [-0.39, 0.29) is 17.8 Å². The Labute approximate surface area is 204 Å². The van der Waals surface area contributed by atoms with E-state index in [2.05, 4.69) is 66.4 Å². The Morgan fingerprint density at radius 2 is 1.80 bits per heavy atom. The predicted octanol–water partition coefficient (Wildman–Crippen LogP) is 4.36. The van der Waals surface area contributed by atoms with Gasteiger partial charge in [0, 0.05) is 18.0 Å². The first kappa shape index (κ1) is 22.9. The third kappa shape index (κ3) is 5.13. The van der Waals surface area contributed by atoms with E-state index in [0.717, 1.165) is 40.9 Å². The van der Waals surface area contributed by atoms with Crippen LogP contribution in [-0.2, 0) is 6.42 Å². The molecular formula is C26H30N8O. The fourth-order valence-electron chi connectivity index (χ4n) is 4.72. The van der Waals surface area contributed by atoms with Crippen LogP contribution in [0.15, 0.2) is 48.5 Å². The Balaban J connectivity index is 1.41. The van der Waals surface area contributed by atoms with E-state index in [9.17, 15) is 4.79 Å². The molecule has 4 aromatic rings. The molecule has 35 heavy (non-hydrogen) atoms. The largest absolute Gasteiger partial charge is 0.347 e. The lowest BCUT2D eigenvalue weighted by molar-refractivity contribution is 0.0932. The average Bonchev–Trinajstić information content (AvgIpc) is 3.56. The highest BCUT2D eigenvalue weighted by molar-refractivity contribution is 5.90. The number of tetrazole rings is 1. The van der Waals surface area contributed by atoms with Gasteiger partial charge in [-0.25, -0.2) is 14.8 Å². The van der Waals surface area contributed by atoms with Crippen molar-refractivity contribution in [3.8, 4) is 22.5 Å². The summed E-state index contributed by atoms with van der Waals surface area (Å²) in [4.78, 5) is 17.3. The van der Waals surface area contributed by atoms with Gasteiger partial charge in [0.2, 0.25) is 5.82 Å². The van der Waals surface area contributed by atoms with Crippen LogP contribution in [0, 0.1) is 0 Å². The molecule has 0 radical (unpaired) electrons. The van der Waals surface area contributed by atoms with Crippen molar-refractivity contribution in [3.63, 3.8) is 0 Å². The number of benzene rings is 2. The number of aromatic amines is 1. The molecule has 1 aliphatic carbocycles. The number of H-pyrrole nitrogens is 1. The first-order valence-corrected chi connectivity index (χ1v) is 12.3. The Hall–Kier alpha value is -3.88. The molecular weight excluding hydrogens is 440 g/mol. The lowest BCUT2D eigenvalue weighted by atomic mass is 9.95. The number of aromatic nitrogens is 7. The van der Waals surface area contributed by atoms with Gasteiger partial charge in [0.1, 0.15) is 5.82 Å². The second-order valence-corrected chi connectivity index (χ2v) is 9.39. The van der Waals surface area contributed by atoms with Crippen LogP contribution < -0.4 is 5.32 Å². The molecule has 2 N–H and O–H groups in total. The number of hydrogen-bond acceptors (Lipinski definition) is 6. The zero-order valence-corrected chi connectivity index (χ0v) is 20.1. The van der Waals surface area contributed by atoms with Crippen molar-refractivity contribution in [1.82, 2.24) is 40.7 Å². The molecule has 0 aliphatic heterocycles. The molecule has 1 amide bonds. The Morgan fingerprint density at radius 3 is 2.49 bits per heavy atom. The van der Waals surface area contributed by atoms with E-state index in [0.29, 0.717) is 18.3 Å². The third-order valence-corrected chi connectivity index (χ3v) is 6.40. The monoisotopic (exact) mass is 470 g/mol. The minimum absolute atomic E-state index is 0.0377. The van der Waals surface area contributed by atoms with Gasteiger partial charge < -0.3 is 5.32 Å². The van der Waals surface area contributed by atoms with E-state index in [1.54, 1.807) is 0 Å². The maximum atomic E-state index is 12.6. The number of nitrogens with one attached hydrogen (secondary N) is 2. The highest BCUT2D eigenvalue weighted by atomic mass is 16.2. The summed E-state index contributed by atoms with van der Waals surface area (Å²) in [5, 5.41) is 21.9. The minimum Gasteiger partial charge on any atom is -0.347 e. The molecule has 180 valence electrons. The van der Waals surface area contributed by atoms with Crippen molar-refractivity contribution in [2.75, 3.05) is 0 Å². The van der Waals surface area contributed by atoms with Crippen molar-refractivity contribution >= 4 is 5.91 Å². The summed E-state index contributed by atoms with van der Waals surface area (Å²) < 4.78 is 2.01. The second kappa shape index (κ2) is 10.2. The minimum atomic E-state index is -0.218. The number of nitrogens with zero attached hydrogens (tertiary/aromatic N) is 6. The van der Waals surface area contributed by atoms with E-state index in [1.165, 1.54) is 19.3 Å². The molecule has 9 nitrogen and oxygen atoms in total. The van der Waals surface area contributed by atoms with Crippen LogP contribution >= 0.6 is 0 Å². The number of carbonyl (C=O) groups is 1. The summed E-state index contributed by atoms with van der Waals surface area (Å²) in [6, 6.07) is 16.8. The summed E-state index contributed by atoms with van der Waals surface area (Å²) in [5.74, 6) is 1.51. The highest BCUT2D eigenvalue weighted by Gasteiger charge is 2.24. The quantitative estimate of drug-likeness (QED) is 0.415. The predicted molar refractivity (Wildman–Crippen MR) is 133 cm³/mol. The molecule has 2 heterocycles. The third-order valence-electron chi connectivity index (χ3n) is 6.40. The van der Waals surface area contributed by atoms with Gasteiger partial charge in [0.25, 0.3) is 5.91 Å². The number of carbonyl (C=O) groups excluding carboxylic acids is 1. The van der Waals surface area contributed by atoms with Gasteiger partial charge >= 0.3 is 0 Å². The molecule has 0 unspecified atom stereocenters. The van der Waals surface area contributed by atoms with Crippen LogP contribution in [0.25, 0.3) is 22.5 Å². The fourth-order valence-corrected chi connectivity index (χ4v) is 4.72. The van der Waals surface area contributed by atoms with Crippen LogP contribution in [0.1, 0.15) is 74.0 Å². The molecule has 0 atom stereocenters. The number of amides is 1. The van der Waals surface area contributed by atoms with Gasteiger partial charge in [-0.15, -0.1) is 10.2 Å². The average molecular weight is 471 g/mol. The normalized spacial score (nSPS) is 14.4. The molecule has 0 saturated heterocycles. The van der Waals surface area contributed by atoms with Gasteiger partial charge in [-0.05, 0) is 53.8 Å². The van der Waals surface area contributed by atoms with Gasteiger partial charge in [0.05, 0.1) is 6.04 Å². The molecule has 1 aliphatic rings. The van der Waals surface area contributed by atoms with Gasteiger partial charge in [-0.3, -0.25) is 4.79 Å². The van der Waals surface area contributed by atoms with Crippen LogP contribution in [0.5, 0.6) is 0 Å². The van der Waals surface area contributed by atoms with Crippen molar-refractivity contribution in [1.29, 1.82) is 0 Å². The van der Waals surface area contributed by atoms with Crippen LogP contribution in [-0.4, -0.2) is 47.3 Å². The standard InChI is InChI=1S/C26H30N8O/c1-17(2)27-26(35)25-28-23(34(31-25)20-8-4-3-5-9-20)16-18-12-14-19(15-13-18)21-10-6-7-11-22(21)24-29-32-33-30-24/h6-7,10-15,17,20H,3-5,8-9,16H2,1-2H3,(H,27,35)(H,29,30,32,33). The molecule has 2 aromatic carbocycles. The topological polar surface area (TPSA) is 114 Å². The second-order valence-electron chi connectivity index (χ2n) is 9.39. The lowest BCUT2D eigenvalue weighted by Crippen LogP contribution is -2.31. The zero-order chi connectivity index (χ0) is 24.2. The fraction of sp³-hybridized carbons (Fsp3) is 0.385. The van der Waals surface area contributed by atoms with Crippen LogP contribution in [0.4, 0.5) is 0 Å². The maximum Gasteiger partial charge on any atom is 0.291 e. The molecule has 5 rings (SSSR count). The van der Waals surface area contributed by atoms with E-state index in [4.69, 9.17) is 0 Å². The molecule has 1 fully saturated rings. The number of hydrogen-bond donors (Lipinski definition) is 2. The van der Waals surface area contributed by atoms with E-state index in [1.807, 2.05) is 36.7 Å². The Morgan fingerprint density at radius 1 is 1.06 bits per heavy atom. The van der Waals surface area contributed by atoms with Gasteiger partial charge in [-0.1, -0.05) is 67.8 Å². The van der Waals surface area contributed by atoms with E-state index < -0.39 is 0 Å². The summed E-state index contributed by atoms with van der Waals surface area (Å²) in [5.41, 5.74) is 4.19. The van der Waals surface area contributed by atoms with Crippen molar-refractivity contribution in [2.24, 2.45) is 0 Å². The smallest absolute Gasteiger partial charge is 0.291 e. The summed E-state index contributed by atoms with van der Waals surface area (Å²) in [6.07, 6.45) is 6.40. The van der Waals surface area contributed by atoms with Crippen molar-refractivity contribution in [3.05, 3.63) is 65.7 Å². The summed E-state index contributed by atoms with van der Waals surface area (Å²) in [6.45, 7) is 3.88. The Bertz CT molecular complexity index is 1270. The molecule has 2 aromatic heterocycles. The lowest BCUT2D eigenvalue weighted by Gasteiger charge is -2.23. The van der Waals surface area contributed by atoms with Gasteiger partial charge in [-0.2, -0.15) is 0 Å². The van der Waals surface area contributed by atoms with Crippen molar-refractivity contribution < 1.29 is 4.79 Å². The van der Waals surface area contributed by atoms with E-state index >= 15 is 0 Å². The molecule has 0 spiro atoms. The van der Waals surface area contributed by atoms with Crippen LogP contribution in [0.3, 0.4) is 0 Å². The van der Waals surface area contributed by atoms with Crippen molar-refractivity contribution in [2.45, 2.75) is 64.5 Å². The maximum absolute atomic E-state index is 12.6. The van der Waals surface area contributed by atoms with Crippen LogP contribution in [0.2, 0.25) is 0 Å². The SMILES string of the molecule is CC(C)NC(=O)c1nc(Cc2ccc(-c3ccccc3-c3nnn[nH]3)cc2)n(C2CCCCC2)n1. The molecule has 1 saturated carbocycles. The first-order chi connectivity index (χ1) is 17.1. The number of rotatable bonds is 7. The highest BCUT2D eigenvalue weighted by Crippen LogP contribution is 2.31. The zero-order valence-electron chi connectivity index (χ0n) is 20.1. The molecule has 0 bridgehead atoms. The Kier molecular flexibility index (Phi) is 6.65.